The van der Waals surface area contributed by atoms with E-state index in [0.717, 1.165) is 38.0 Å². The second-order valence-electron chi connectivity index (χ2n) is 8.38. The first-order valence-electron chi connectivity index (χ1n) is 10.6. The molecule has 1 aromatic rings. The highest BCUT2D eigenvalue weighted by Crippen LogP contribution is 2.46. The van der Waals surface area contributed by atoms with Crippen molar-refractivity contribution in [3.05, 3.63) is 54.1 Å². The van der Waals surface area contributed by atoms with Crippen molar-refractivity contribution in [2.45, 2.75) is 46.0 Å². The number of aldehydes is 1. The first kappa shape index (κ1) is 22.4. The van der Waals surface area contributed by atoms with Crippen molar-refractivity contribution in [2.24, 2.45) is 17.3 Å². The molecule has 3 heteroatoms. The molecule has 0 spiro atoms. The van der Waals surface area contributed by atoms with Gasteiger partial charge in [-0.15, -0.1) is 0 Å². The Morgan fingerprint density at radius 3 is 2.75 bits per heavy atom. The van der Waals surface area contributed by atoms with Crippen LogP contribution in [0.25, 0.3) is 0 Å². The molecule has 0 fully saturated rings. The van der Waals surface area contributed by atoms with E-state index in [9.17, 15) is 4.79 Å². The average molecular weight is 384 g/mol. The molecule has 0 saturated carbocycles. The van der Waals surface area contributed by atoms with E-state index >= 15 is 0 Å². The van der Waals surface area contributed by atoms with Gasteiger partial charge in [0, 0.05) is 13.0 Å². The Bertz CT molecular complexity index is 664. The topological polar surface area (TPSA) is 29.5 Å². The summed E-state index contributed by atoms with van der Waals surface area (Å²) in [6.07, 6.45) is 15.1. The largest absolute Gasteiger partial charge is 0.497 e. The lowest BCUT2D eigenvalue weighted by Crippen LogP contribution is -2.35. The Labute approximate surface area is 171 Å². The monoisotopic (exact) mass is 383 g/mol. The SMILES string of the molecule is COc1cccc(CCN(C)CCCCC2(C(C)C)C=CC=CC2CC=O)c1. The predicted octanol–water partition coefficient (Wildman–Crippen LogP) is 5.31. The number of carbonyl (C=O) groups excluding carboxylic acids is 1. The van der Waals surface area contributed by atoms with Gasteiger partial charge in [-0.05, 0) is 67.8 Å². The van der Waals surface area contributed by atoms with Crippen LogP contribution in [0.4, 0.5) is 0 Å². The van der Waals surface area contributed by atoms with E-state index in [1.807, 2.05) is 6.07 Å². The number of likely N-dealkylation sites (N-methyl/N-ethyl adjacent to an activating group) is 1. The van der Waals surface area contributed by atoms with Crippen molar-refractivity contribution in [1.82, 2.24) is 4.90 Å². The molecule has 1 aromatic carbocycles. The summed E-state index contributed by atoms with van der Waals surface area (Å²) in [4.78, 5) is 13.6. The van der Waals surface area contributed by atoms with Gasteiger partial charge in [-0.3, -0.25) is 0 Å². The summed E-state index contributed by atoms with van der Waals surface area (Å²) in [5, 5.41) is 0. The van der Waals surface area contributed by atoms with Gasteiger partial charge in [-0.1, -0.05) is 56.7 Å². The van der Waals surface area contributed by atoms with Gasteiger partial charge in [0.1, 0.15) is 12.0 Å². The smallest absolute Gasteiger partial charge is 0.120 e. The molecule has 1 aliphatic rings. The molecule has 0 bridgehead atoms. The number of hydrogen-bond donors (Lipinski definition) is 0. The van der Waals surface area contributed by atoms with E-state index in [2.05, 4.69) is 68.3 Å². The van der Waals surface area contributed by atoms with Gasteiger partial charge in [0.2, 0.25) is 0 Å². The fourth-order valence-electron chi connectivity index (χ4n) is 4.39. The number of unbranched alkanes of at least 4 members (excludes halogenated alkanes) is 1. The maximum atomic E-state index is 11.2. The van der Waals surface area contributed by atoms with Crippen molar-refractivity contribution < 1.29 is 9.53 Å². The number of ether oxygens (including phenoxy) is 1. The van der Waals surface area contributed by atoms with Crippen LogP contribution < -0.4 is 4.74 Å². The molecule has 0 amide bonds. The van der Waals surface area contributed by atoms with Crippen molar-refractivity contribution >= 4 is 6.29 Å². The van der Waals surface area contributed by atoms with Crippen LogP contribution in [0.5, 0.6) is 5.75 Å². The summed E-state index contributed by atoms with van der Waals surface area (Å²) in [6, 6.07) is 8.33. The molecule has 0 heterocycles. The molecule has 2 unspecified atom stereocenters. The summed E-state index contributed by atoms with van der Waals surface area (Å²) in [5.74, 6) is 1.80. The minimum Gasteiger partial charge on any atom is -0.497 e. The highest BCUT2D eigenvalue weighted by atomic mass is 16.5. The van der Waals surface area contributed by atoms with E-state index in [4.69, 9.17) is 4.74 Å². The van der Waals surface area contributed by atoms with E-state index < -0.39 is 0 Å². The molecule has 1 aliphatic carbocycles. The minimum absolute atomic E-state index is 0.120. The molecule has 0 N–H and O–H groups in total. The first-order chi connectivity index (χ1) is 13.5. The zero-order valence-corrected chi connectivity index (χ0v) is 18.1. The first-order valence-corrected chi connectivity index (χ1v) is 10.6. The number of hydrogen-bond acceptors (Lipinski definition) is 3. The van der Waals surface area contributed by atoms with Crippen molar-refractivity contribution in [3.8, 4) is 5.75 Å². The Hall–Kier alpha value is -1.87. The van der Waals surface area contributed by atoms with Crippen LogP contribution in [0.1, 0.15) is 45.1 Å². The molecule has 2 rings (SSSR count). The van der Waals surface area contributed by atoms with Crippen LogP contribution >= 0.6 is 0 Å². The summed E-state index contributed by atoms with van der Waals surface area (Å²) >= 11 is 0. The van der Waals surface area contributed by atoms with Gasteiger partial charge in [-0.25, -0.2) is 0 Å². The second-order valence-corrected chi connectivity index (χ2v) is 8.38. The molecule has 0 aromatic heterocycles. The lowest BCUT2D eigenvalue weighted by molar-refractivity contribution is -0.109. The Morgan fingerprint density at radius 2 is 2.04 bits per heavy atom. The molecular weight excluding hydrogens is 346 g/mol. The van der Waals surface area contributed by atoms with Crippen LogP contribution in [0.2, 0.25) is 0 Å². The van der Waals surface area contributed by atoms with E-state index in [1.54, 1.807) is 7.11 Å². The lowest BCUT2D eigenvalue weighted by atomic mass is 9.62. The molecule has 154 valence electrons. The third-order valence-corrected chi connectivity index (χ3v) is 6.29. The normalized spacial score (nSPS) is 21.4. The maximum absolute atomic E-state index is 11.2. The quantitative estimate of drug-likeness (QED) is 0.362. The van der Waals surface area contributed by atoms with E-state index in [-0.39, 0.29) is 5.41 Å². The molecule has 0 radical (unpaired) electrons. The average Bonchev–Trinajstić information content (AvgIpc) is 2.71. The number of benzene rings is 1. The standard InChI is InChI=1S/C25H37NO2/c1-21(2)25(15-6-5-11-23(25)14-19-27)16-7-8-17-26(3)18-13-22-10-9-12-24(20-22)28-4/h5-6,9-12,15,19-21,23H,7-8,13-14,16-18H2,1-4H3. The van der Waals surface area contributed by atoms with Gasteiger partial charge in [0.25, 0.3) is 0 Å². The summed E-state index contributed by atoms with van der Waals surface area (Å²) in [7, 11) is 3.92. The third kappa shape index (κ3) is 6.07. The van der Waals surface area contributed by atoms with E-state index in [0.29, 0.717) is 18.3 Å². The number of methoxy groups -OCH3 is 1. The maximum Gasteiger partial charge on any atom is 0.120 e. The van der Waals surface area contributed by atoms with Crippen LogP contribution in [-0.4, -0.2) is 38.4 Å². The van der Waals surface area contributed by atoms with Crippen molar-refractivity contribution in [2.75, 3.05) is 27.2 Å². The Morgan fingerprint density at radius 1 is 1.21 bits per heavy atom. The number of rotatable bonds is 12. The molecule has 2 atom stereocenters. The molecule has 0 saturated heterocycles. The summed E-state index contributed by atoms with van der Waals surface area (Å²) in [6.45, 7) is 6.75. The number of carbonyl (C=O) groups is 1. The molecular formula is C25H37NO2. The molecule has 28 heavy (non-hydrogen) atoms. The number of nitrogens with zero attached hydrogens (tertiary/aromatic N) is 1. The van der Waals surface area contributed by atoms with Crippen LogP contribution in [0.3, 0.4) is 0 Å². The van der Waals surface area contributed by atoms with Crippen LogP contribution in [0.15, 0.2) is 48.6 Å². The minimum atomic E-state index is 0.120. The second kappa shape index (κ2) is 11.2. The fraction of sp³-hybridized carbons (Fsp3) is 0.560. The summed E-state index contributed by atoms with van der Waals surface area (Å²) < 4.78 is 5.31. The van der Waals surface area contributed by atoms with Gasteiger partial charge in [0.05, 0.1) is 7.11 Å². The lowest BCUT2D eigenvalue weighted by Gasteiger charge is -2.42. The Balaban J connectivity index is 1.78. The fourth-order valence-corrected chi connectivity index (χ4v) is 4.39. The van der Waals surface area contributed by atoms with Crippen LogP contribution in [0, 0.1) is 17.3 Å². The van der Waals surface area contributed by atoms with Crippen molar-refractivity contribution in [1.29, 1.82) is 0 Å². The van der Waals surface area contributed by atoms with Gasteiger partial charge >= 0.3 is 0 Å². The van der Waals surface area contributed by atoms with Gasteiger partial charge in [0.15, 0.2) is 0 Å². The predicted molar refractivity (Wildman–Crippen MR) is 118 cm³/mol. The Kier molecular flexibility index (Phi) is 8.98. The highest BCUT2D eigenvalue weighted by Gasteiger charge is 2.38. The highest BCUT2D eigenvalue weighted by molar-refractivity contribution is 5.51. The van der Waals surface area contributed by atoms with Crippen LogP contribution in [-0.2, 0) is 11.2 Å². The van der Waals surface area contributed by atoms with E-state index in [1.165, 1.54) is 18.4 Å². The third-order valence-electron chi connectivity index (χ3n) is 6.29. The van der Waals surface area contributed by atoms with Gasteiger partial charge < -0.3 is 14.4 Å². The number of allylic oxidation sites excluding steroid dienone is 4. The molecule has 0 aliphatic heterocycles. The molecule has 3 nitrogen and oxygen atoms in total. The zero-order valence-electron chi connectivity index (χ0n) is 18.1. The zero-order chi connectivity index (χ0) is 20.4. The van der Waals surface area contributed by atoms with Gasteiger partial charge in [-0.2, -0.15) is 0 Å². The summed E-state index contributed by atoms with van der Waals surface area (Å²) in [5.41, 5.74) is 1.44. The van der Waals surface area contributed by atoms with Crippen molar-refractivity contribution in [3.63, 3.8) is 0 Å².